The van der Waals surface area contributed by atoms with Gasteiger partial charge in [-0.1, -0.05) is 56.6 Å². The van der Waals surface area contributed by atoms with E-state index in [1.165, 1.54) is 11.1 Å². The van der Waals surface area contributed by atoms with Crippen LogP contribution >= 0.6 is 0 Å². The van der Waals surface area contributed by atoms with Gasteiger partial charge in [0.25, 0.3) is 0 Å². The lowest BCUT2D eigenvalue weighted by molar-refractivity contribution is 0.0910. The van der Waals surface area contributed by atoms with E-state index in [0.717, 1.165) is 37.0 Å². The van der Waals surface area contributed by atoms with Crippen LogP contribution in [0.5, 0.6) is 0 Å². The molecule has 1 fully saturated rings. The average Bonchev–Trinajstić information content (AvgIpc) is 2.65. The predicted molar refractivity (Wildman–Crippen MR) is 110 cm³/mol. The van der Waals surface area contributed by atoms with Crippen molar-refractivity contribution in [1.29, 1.82) is 0 Å². The van der Waals surface area contributed by atoms with Crippen LogP contribution in [0.1, 0.15) is 76.0 Å². The van der Waals surface area contributed by atoms with E-state index in [-0.39, 0.29) is 10.8 Å². The summed E-state index contributed by atoms with van der Waals surface area (Å²) in [4.78, 5) is 5.29. The second kappa shape index (κ2) is 7.63. The first kappa shape index (κ1) is 19.9. The largest absolute Gasteiger partial charge is 0.411 e. The molecule has 5 nitrogen and oxygen atoms in total. The van der Waals surface area contributed by atoms with Crippen LogP contribution in [-0.4, -0.2) is 30.3 Å². The summed E-state index contributed by atoms with van der Waals surface area (Å²) < 4.78 is 0. The van der Waals surface area contributed by atoms with Gasteiger partial charge in [0.05, 0.1) is 5.71 Å². The summed E-state index contributed by atoms with van der Waals surface area (Å²) in [5.74, 6) is 0.761. The molecule has 1 aromatic rings. The van der Waals surface area contributed by atoms with Crippen molar-refractivity contribution in [2.45, 2.75) is 64.7 Å². The minimum atomic E-state index is -0.105. The lowest BCUT2D eigenvalue weighted by atomic mass is 9.50. The molecule has 1 saturated carbocycles. The van der Waals surface area contributed by atoms with E-state index >= 15 is 0 Å². The molecule has 27 heavy (non-hydrogen) atoms. The maximum atomic E-state index is 9.77. The number of nitrogens with zero attached hydrogens (tertiary/aromatic N) is 2. The Labute approximate surface area is 162 Å². The van der Waals surface area contributed by atoms with E-state index < -0.39 is 0 Å². The summed E-state index contributed by atoms with van der Waals surface area (Å²) in [7, 11) is 0. The van der Waals surface area contributed by atoms with E-state index in [1.807, 2.05) is 6.21 Å². The summed E-state index contributed by atoms with van der Waals surface area (Å²) >= 11 is 0. The van der Waals surface area contributed by atoms with Gasteiger partial charge >= 0.3 is 0 Å². The van der Waals surface area contributed by atoms with Gasteiger partial charge in [-0.3, -0.25) is 0 Å². The monoisotopic (exact) mass is 371 g/mol. The lowest BCUT2D eigenvalue weighted by Gasteiger charge is -2.54. The van der Waals surface area contributed by atoms with Crippen LogP contribution in [0.25, 0.3) is 0 Å². The fourth-order valence-electron chi connectivity index (χ4n) is 5.17. The van der Waals surface area contributed by atoms with E-state index in [2.05, 4.69) is 56.2 Å². The number of hydrogen-bond donors (Lipinski definition) is 2. The Morgan fingerprint density at radius 1 is 1.33 bits per heavy atom. The molecule has 2 aliphatic rings. The Morgan fingerprint density at radius 2 is 2.11 bits per heavy atom. The van der Waals surface area contributed by atoms with Crippen LogP contribution < -0.4 is 5.73 Å². The van der Waals surface area contributed by atoms with Crippen LogP contribution in [0.3, 0.4) is 0 Å². The summed E-state index contributed by atoms with van der Waals surface area (Å²) in [6.45, 7) is 9.90. The van der Waals surface area contributed by atoms with Gasteiger partial charge in [0, 0.05) is 23.7 Å². The zero-order valence-corrected chi connectivity index (χ0v) is 17.0. The van der Waals surface area contributed by atoms with Gasteiger partial charge in [-0.05, 0) is 53.7 Å². The Hall–Kier alpha value is -1.88. The quantitative estimate of drug-likeness (QED) is 0.348. The fraction of sp³-hybridized carbons (Fsp3) is 0.636. The highest BCUT2D eigenvalue weighted by Crippen LogP contribution is 2.56. The zero-order chi connectivity index (χ0) is 19.7. The molecule has 0 bridgehead atoms. The molecule has 3 atom stereocenters. The molecule has 0 radical (unpaired) electrons. The molecule has 3 N–H and O–H groups in total. The van der Waals surface area contributed by atoms with Crippen LogP contribution in [0.2, 0.25) is 0 Å². The highest BCUT2D eigenvalue weighted by Gasteiger charge is 2.53. The van der Waals surface area contributed by atoms with Crippen molar-refractivity contribution in [3.63, 3.8) is 0 Å². The number of hydrogen-bond acceptors (Lipinski definition) is 5. The number of benzene rings is 1. The van der Waals surface area contributed by atoms with Crippen LogP contribution in [-0.2, 0) is 10.3 Å². The maximum Gasteiger partial charge on any atom is 0.129 e. The first-order valence-corrected chi connectivity index (χ1v) is 10.1. The van der Waals surface area contributed by atoms with Gasteiger partial charge in [-0.2, -0.15) is 0 Å². The minimum Gasteiger partial charge on any atom is -0.411 e. The first-order valence-electron chi connectivity index (χ1n) is 10.1. The van der Waals surface area contributed by atoms with Gasteiger partial charge in [0.1, 0.15) is 6.61 Å². The molecular formula is C22H33N3O2. The second-order valence-corrected chi connectivity index (χ2v) is 8.90. The maximum absolute atomic E-state index is 9.77. The van der Waals surface area contributed by atoms with Crippen molar-refractivity contribution in [3.05, 3.63) is 34.9 Å². The topological polar surface area (TPSA) is 80.2 Å². The Morgan fingerprint density at radius 3 is 2.78 bits per heavy atom. The molecule has 1 aromatic carbocycles. The van der Waals surface area contributed by atoms with E-state index in [0.29, 0.717) is 25.0 Å². The van der Waals surface area contributed by atoms with Gasteiger partial charge in [-0.15, -0.1) is 0 Å². The molecule has 0 amide bonds. The van der Waals surface area contributed by atoms with E-state index in [4.69, 9.17) is 10.6 Å². The van der Waals surface area contributed by atoms with Crippen molar-refractivity contribution in [2.24, 2.45) is 27.4 Å². The van der Waals surface area contributed by atoms with Gasteiger partial charge in [-0.25, -0.2) is 0 Å². The third-order valence-electron chi connectivity index (χ3n) is 6.76. The Kier molecular flexibility index (Phi) is 5.61. The molecule has 2 aliphatic carbocycles. The lowest BCUT2D eigenvalue weighted by Crippen LogP contribution is -2.51. The first-order chi connectivity index (χ1) is 12.9. The molecule has 0 aliphatic heterocycles. The van der Waals surface area contributed by atoms with Gasteiger partial charge < -0.3 is 15.8 Å². The van der Waals surface area contributed by atoms with Crippen molar-refractivity contribution >= 4 is 11.9 Å². The van der Waals surface area contributed by atoms with E-state index in [1.54, 1.807) is 0 Å². The SMILES string of the molecule is CC(C)c1ccc2c(c1)C(=NO)CC1[C@@](C)(C=NOCCN)CCC[C@]21C. The smallest absolute Gasteiger partial charge is 0.129 e. The van der Waals surface area contributed by atoms with Gasteiger partial charge in [0.15, 0.2) is 0 Å². The predicted octanol–water partition coefficient (Wildman–Crippen LogP) is 4.42. The summed E-state index contributed by atoms with van der Waals surface area (Å²) in [5, 5.41) is 17.7. The molecular weight excluding hydrogens is 338 g/mol. The fourth-order valence-corrected chi connectivity index (χ4v) is 5.17. The number of rotatable bonds is 5. The number of oxime groups is 2. The van der Waals surface area contributed by atoms with Crippen LogP contribution in [0, 0.1) is 11.3 Å². The van der Waals surface area contributed by atoms with Crippen molar-refractivity contribution in [1.82, 2.24) is 0 Å². The third-order valence-corrected chi connectivity index (χ3v) is 6.76. The molecule has 3 rings (SSSR count). The highest BCUT2D eigenvalue weighted by atomic mass is 16.6. The summed E-state index contributed by atoms with van der Waals surface area (Å²) in [6, 6.07) is 6.72. The molecule has 1 unspecified atom stereocenters. The van der Waals surface area contributed by atoms with Crippen molar-refractivity contribution in [2.75, 3.05) is 13.2 Å². The second-order valence-electron chi connectivity index (χ2n) is 8.90. The molecule has 0 spiro atoms. The van der Waals surface area contributed by atoms with E-state index in [9.17, 15) is 5.21 Å². The molecule has 5 heteroatoms. The van der Waals surface area contributed by atoms with Crippen LogP contribution in [0.4, 0.5) is 0 Å². The van der Waals surface area contributed by atoms with Gasteiger partial charge in [0.2, 0.25) is 0 Å². The Bertz CT molecular complexity index is 743. The Balaban J connectivity index is 2.04. The molecule has 0 heterocycles. The number of fused-ring (bicyclic) bond motifs is 3. The molecule has 0 saturated heterocycles. The van der Waals surface area contributed by atoms with Crippen molar-refractivity contribution in [3.8, 4) is 0 Å². The normalized spacial score (nSPS) is 31.9. The third kappa shape index (κ3) is 3.49. The molecule has 0 aromatic heterocycles. The zero-order valence-electron chi connectivity index (χ0n) is 17.0. The summed E-state index contributed by atoms with van der Waals surface area (Å²) in [6.07, 6.45) is 6.05. The average molecular weight is 372 g/mol. The summed E-state index contributed by atoms with van der Waals surface area (Å²) in [5.41, 5.74) is 9.91. The van der Waals surface area contributed by atoms with Crippen molar-refractivity contribution < 1.29 is 10.0 Å². The molecule has 148 valence electrons. The number of nitrogens with two attached hydrogens (primary N) is 1. The van der Waals surface area contributed by atoms with Crippen LogP contribution in [0.15, 0.2) is 28.5 Å². The minimum absolute atomic E-state index is 0.0337. The highest BCUT2D eigenvalue weighted by molar-refractivity contribution is 6.03. The standard InChI is InChI=1S/C22H33N3O2/c1-15(2)16-6-7-18-17(12-16)19(25-26)13-20-21(3,14-24-27-11-10-23)8-5-9-22(18,20)4/h6-7,12,14-15,20,26H,5,8-11,13,23H2,1-4H3/t20?,21-,22-/m1/s1.